The van der Waals surface area contributed by atoms with Gasteiger partial charge in [0, 0.05) is 12.0 Å². The highest BCUT2D eigenvalue weighted by molar-refractivity contribution is 5.76. The van der Waals surface area contributed by atoms with E-state index in [9.17, 15) is 9.90 Å². The summed E-state index contributed by atoms with van der Waals surface area (Å²) in [5.74, 6) is -0.134. The molecule has 0 fully saturated rings. The molecule has 120 valence electrons. The van der Waals surface area contributed by atoms with Crippen LogP contribution in [0.4, 0.5) is 0 Å². The molecule has 0 spiro atoms. The number of carbonyl (C=O) groups is 1. The van der Waals surface area contributed by atoms with Crippen LogP contribution >= 0.6 is 0 Å². The number of amides is 1. The number of hydrogen-bond donors (Lipinski definition) is 2. The number of phenols is 1. The van der Waals surface area contributed by atoms with Gasteiger partial charge in [0.25, 0.3) is 0 Å². The quantitative estimate of drug-likeness (QED) is 0.756. The van der Waals surface area contributed by atoms with E-state index in [0.717, 1.165) is 27.9 Å². The number of aromatic nitrogens is 2. The highest BCUT2D eigenvalue weighted by atomic mass is 16.3. The molecule has 0 radical (unpaired) electrons. The van der Waals surface area contributed by atoms with Gasteiger partial charge in [-0.1, -0.05) is 24.3 Å². The third-order valence-electron chi connectivity index (χ3n) is 3.80. The Hall–Kier alpha value is -3.21. The van der Waals surface area contributed by atoms with Crippen LogP contribution in [0.25, 0.3) is 22.4 Å². The van der Waals surface area contributed by atoms with Gasteiger partial charge in [-0.25, -0.2) is 9.97 Å². The summed E-state index contributed by atoms with van der Waals surface area (Å²) in [6.07, 6.45) is 6.07. The van der Waals surface area contributed by atoms with Gasteiger partial charge in [-0.2, -0.15) is 0 Å². The molecule has 3 rings (SSSR count). The van der Waals surface area contributed by atoms with Crippen molar-refractivity contribution >= 4 is 5.91 Å². The first-order chi connectivity index (χ1) is 11.6. The monoisotopic (exact) mass is 320 g/mol. The molecule has 0 aliphatic carbocycles. The summed E-state index contributed by atoms with van der Waals surface area (Å²) in [4.78, 5) is 18.5. The fraction of sp³-hybridized carbons (Fsp3) is 0.105. The van der Waals surface area contributed by atoms with E-state index >= 15 is 0 Å². The number of aromatic amines is 1. The molecule has 5 heteroatoms. The van der Waals surface area contributed by atoms with Crippen molar-refractivity contribution in [2.24, 2.45) is 5.73 Å². The summed E-state index contributed by atoms with van der Waals surface area (Å²) in [5.41, 5.74) is 9.93. The molecule has 1 amide bonds. The second-order valence-electron chi connectivity index (χ2n) is 5.53. The SMILES string of the molecule is NC(=O)CCc1cc(-c2c[nH+]ccn2)ccc1-c1cccc(O)c1. The van der Waals surface area contributed by atoms with Gasteiger partial charge in [-0.05, 0) is 41.3 Å². The molecule has 0 aliphatic rings. The predicted octanol–water partition coefficient (Wildman–Crippen LogP) is 2.35. The molecule has 0 aliphatic heterocycles. The number of nitrogens with two attached hydrogens (primary N) is 1. The lowest BCUT2D eigenvalue weighted by Gasteiger charge is -2.11. The summed E-state index contributed by atoms with van der Waals surface area (Å²) in [5, 5.41) is 9.73. The van der Waals surface area contributed by atoms with Gasteiger partial charge in [0.1, 0.15) is 11.4 Å². The van der Waals surface area contributed by atoms with Gasteiger partial charge in [0.15, 0.2) is 12.4 Å². The third-order valence-corrected chi connectivity index (χ3v) is 3.80. The zero-order chi connectivity index (χ0) is 16.9. The molecule has 3 aromatic rings. The van der Waals surface area contributed by atoms with Crippen LogP contribution in [0, 0.1) is 0 Å². The number of phenolic OH excluding ortho intramolecular Hbond substituents is 1. The second-order valence-corrected chi connectivity index (χ2v) is 5.53. The summed E-state index contributed by atoms with van der Waals surface area (Å²) < 4.78 is 0. The molecule has 1 heterocycles. The number of aryl methyl sites for hydroxylation is 1. The van der Waals surface area contributed by atoms with Gasteiger partial charge in [-0.15, -0.1) is 0 Å². The third kappa shape index (κ3) is 3.57. The predicted molar refractivity (Wildman–Crippen MR) is 90.8 cm³/mol. The minimum Gasteiger partial charge on any atom is -0.508 e. The average molecular weight is 320 g/mol. The van der Waals surface area contributed by atoms with Crippen LogP contribution in [0.5, 0.6) is 5.75 Å². The van der Waals surface area contributed by atoms with E-state index in [-0.39, 0.29) is 18.1 Å². The molecule has 0 bridgehead atoms. The lowest BCUT2D eigenvalue weighted by molar-refractivity contribution is -0.378. The summed E-state index contributed by atoms with van der Waals surface area (Å²) in [6, 6.07) is 13.0. The maximum atomic E-state index is 11.2. The number of carbonyl (C=O) groups excluding carboxylic acids is 1. The van der Waals surface area contributed by atoms with Crippen molar-refractivity contribution in [3.8, 4) is 28.1 Å². The van der Waals surface area contributed by atoms with Crippen LogP contribution in [0.15, 0.2) is 61.1 Å². The van der Waals surface area contributed by atoms with Crippen LogP contribution in [0.3, 0.4) is 0 Å². The van der Waals surface area contributed by atoms with Crippen molar-refractivity contribution in [3.05, 3.63) is 66.6 Å². The summed E-state index contributed by atoms with van der Waals surface area (Å²) >= 11 is 0. The van der Waals surface area contributed by atoms with Gasteiger partial charge in [0.05, 0.1) is 6.20 Å². The van der Waals surface area contributed by atoms with Crippen LogP contribution in [-0.2, 0) is 11.2 Å². The minimum absolute atomic E-state index is 0.205. The van der Waals surface area contributed by atoms with Gasteiger partial charge in [-0.3, -0.25) is 4.79 Å². The lowest BCUT2D eigenvalue weighted by atomic mass is 9.93. The Bertz CT molecular complexity index is 863. The lowest BCUT2D eigenvalue weighted by Crippen LogP contribution is -2.11. The highest BCUT2D eigenvalue weighted by Crippen LogP contribution is 2.30. The first-order valence-electron chi connectivity index (χ1n) is 7.66. The molecule has 24 heavy (non-hydrogen) atoms. The largest absolute Gasteiger partial charge is 0.508 e. The van der Waals surface area contributed by atoms with E-state index < -0.39 is 0 Å². The van der Waals surface area contributed by atoms with E-state index in [0.29, 0.717) is 6.42 Å². The van der Waals surface area contributed by atoms with Gasteiger partial charge >= 0.3 is 0 Å². The van der Waals surface area contributed by atoms with E-state index in [1.807, 2.05) is 30.5 Å². The fourth-order valence-electron chi connectivity index (χ4n) is 2.66. The smallest absolute Gasteiger partial charge is 0.217 e. The first kappa shape index (κ1) is 15.7. The highest BCUT2D eigenvalue weighted by Gasteiger charge is 2.11. The molecule has 0 saturated carbocycles. The Morgan fingerprint density at radius 2 is 2.04 bits per heavy atom. The minimum atomic E-state index is -0.339. The second kappa shape index (κ2) is 6.91. The zero-order valence-electron chi connectivity index (χ0n) is 13.1. The zero-order valence-corrected chi connectivity index (χ0v) is 13.1. The number of nitrogens with zero attached hydrogens (tertiary/aromatic N) is 1. The van der Waals surface area contributed by atoms with Crippen molar-refractivity contribution in [1.29, 1.82) is 0 Å². The molecule has 0 saturated heterocycles. The first-order valence-corrected chi connectivity index (χ1v) is 7.66. The Kier molecular flexibility index (Phi) is 4.52. The number of benzene rings is 2. The maximum absolute atomic E-state index is 11.2. The van der Waals surface area contributed by atoms with Gasteiger partial charge in [0.2, 0.25) is 5.91 Å². The van der Waals surface area contributed by atoms with Crippen molar-refractivity contribution in [3.63, 3.8) is 0 Å². The fourth-order valence-corrected chi connectivity index (χ4v) is 2.66. The molecule has 1 aromatic heterocycles. The Labute approximate surface area is 139 Å². The molecule has 2 aromatic carbocycles. The molecule has 0 atom stereocenters. The van der Waals surface area contributed by atoms with Crippen molar-refractivity contribution in [2.75, 3.05) is 0 Å². The van der Waals surface area contributed by atoms with Crippen LogP contribution in [-0.4, -0.2) is 16.0 Å². The molecule has 4 N–H and O–H groups in total. The Morgan fingerprint density at radius 3 is 2.75 bits per heavy atom. The number of H-pyrrole nitrogens is 1. The van der Waals surface area contributed by atoms with E-state index in [1.165, 1.54) is 0 Å². The standard InChI is InChI=1S/C19H17N3O2/c20-19(24)7-5-14-10-15(18-12-21-8-9-22-18)4-6-17(14)13-2-1-3-16(23)11-13/h1-4,6,8-12,23H,5,7H2,(H2,20,24)/p+1. The average Bonchev–Trinajstić information content (AvgIpc) is 2.60. The van der Waals surface area contributed by atoms with Crippen molar-refractivity contribution < 1.29 is 14.9 Å². The summed E-state index contributed by atoms with van der Waals surface area (Å²) in [7, 11) is 0. The van der Waals surface area contributed by atoms with Crippen molar-refractivity contribution in [2.45, 2.75) is 12.8 Å². The molecule has 5 nitrogen and oxygen atoms in total. The van der Waals surface area contributed by atoms with Crippen molar-refractivity contribution in [1.82, 2.24) is 4.98 Å². The molecule has 0 unspecified atom stereocenters. The number of nitrogens with one attached hydrogen (secondary N) is 1. The number of aromatic hydroxyl groups is 1. The molecular weight excluding hydrogens is 302 g/mol. The number of primary amides is 1. The van der Waals surface area contributed by atoms with Crippen LogP contribution in [0.1, 0.15) is 12.0 Å². The number of hydrogen-bond acceptors (Lipinski definition) is 3. The molecular formula is C19H18N3O2+. The topological polar surface area (TPSA) is 90.4 Å². The van der Waals surface area contributed by atoms with Crippen LogP contribution < -0.4 is 10.7 Å². The maximum Gasteiger partial charge on any atom is 0.217 e. The Morgan fingerprint density at radius 1 is 1.17 bits per heavy atom. The Balaban J connectivity index is 2.06. The van der Waals surface area contributed by atoms with E-state index in [4.69, 9.17) is 5.73 Å². The summed E-state index contributed by atoms with van der Waals surface area (Å²) in [6.45, 7) is 0. The van der Waals surface area contributed by atoms with Gasteiger partial charge < -0.3 is 10.8 Å². The van der Waals surface area contributed by atoms with E-state index in [2.05, 4.69) is 9.97 Å². The number of rotatable bonds is 5. The normalized spacial score (nSPS) is 10.5. The van der Waals surface area contributed by atoms with E-state index in [1.54, 1.807) is 30.6 Å². The van der Waals surface area contributed by atoms with Crippen LogP contribution in [0.2, 0.25) is 0 Å².